The summed E-state index contributed by atoms with van der Waals surface area (Å²) < 4.78 is 5.42. The minimum absolute atomic E-state index is 0.0158. The van der Waals surface area contributed by atoms with Crippen molar-refractivity contribution < 1.29 is 4.79 Å². The Morgan fingerprint density at radius 2 is 1.83 bits per heavy atom. The zero-order valence-corrected chi connectivity index (χ0v) is 14.9. The summed E-state index contributed by atoms with van der Waals surface area (Å²) in [6.45, 7) is 1.80. The number of benzene rings is 1. The van der Waals surface area contributed by atoms with Gasteiger partial charge >= 0.3 is 0 Å². The molecule has 6 nitrogen and oxygen atoms in total. The Balaban J connectivity index is 1.80. The Labute approximate surface area is 153 Å². The third-order valence-electron chi connectivity index (χ3n) is 3.23. The summed E-state index contributed by atoms with van der Waals surface area (Å²) in [6.07, 6.45) is 3.70. The Morgan fingerprint density at radius 1 is 1.21 bits per heavy atom. The summed E-state index contributed by atoms with van der Waals surface area (Å²) in [5.74, 6) is 0.399. The van der Waals surface area contributed by atoms with Crippen LogP contribution in [0.5, 0.6) is 0 Å². The zero-order valence-electron chi connectivity index (χ0n) is 12.6. The summed E-state index contributed by atoms with van der Waals surface area (Å²) in [7, 11) is 0. The fourth-order valence-corrected chi connectivity index (χ4v) is 3.16. The summed E-state index contributed by atoms with van der Waals surface area (Å²) in [4.78, 5) is 12.2. The van der Waals surface area contributed by atoms with Crippen LogP contribution in [-0.2, 0) is 11.3 Å². The van der Waals surface area contributed by atoms with Crippen molar-refractivity contribution >= 4 is 47.0 Å². The molecular formula is C15H13Cl2N5OS. The van der Waals surface area contributed by atoms with Gasteiger partial charge in [-0.15, -0.1) is 0 Å². The number of halogens is 2. The van der Waals surface area contributed by atoms with E-state index >= 15 is 0 Å². The van der Waals surface area contributed by atoms with Crippen molar-refractivity contribution in [2.45, 2.75) is 13.5 Å². The van der Waals surface area contributed by atoms with E-state index in [-0.39, 0.29) is 12.5 Å². The first kappa shape index (κ1) is 16.8. The number of nitrogens with one attached hydrogen (secondary N) is 1. The van der Waals surface area contributed by atoms with Crippen molar-refractivity contribution in [1.82, 2.24) is 19.1 Å². The van der Waals surface area contributed by atoms with Crippen molar-refractivity contribution in [2.75, 3.05) is 5.32 Å². The molecule has 3 aromatic rings. The maximum Gasteiger partial charge on any atom is 0.246 e. The highest BCUT2D eigenvalue weighted by atomic mass is 35.5. The maximum atomic E-state index is 12.2. The van der Waals surface area contributed by atoms with E-state index in [0.29, 0.717) is 26.3 Å². The highest BCUT2D eigenvalue weighted by Gasteiger charge is 2.12. The predicted molar refractivity (Wildman–Crippen MR) is 96.1 cm³/mol. The van der Waals surface area contributed by atoms with Crippen LogP contribution in [0.4, 0.5) is 5.69 Å². The lowest BCUT2D eigenvalue weighted by Crippen LogP contribution is -2.20. The molecule has 0 unspecified atom stereocenters. The molecule has 2 heterocycles. The van der Waals surface area contributed by atoms with Crippen molar-refractivity contribution in [3.63, 3.8) is 0 Å². The smallest absolute Gasteiger partial charge is 0.246 e. The van der Waals surface area contributed by atoms with E-state index in [2.05, 4.69) is 10.4 Å². The molecule has 3 rings (SSSR count). The zero-order chi connectivity index (χ0) is 17.3. The van der Waals surface area contributed by atoms with Crippen molar-refractivity contribution in [3.8, 4) is 0 Å². The maximum absolute atomic E-state index is 12.2. The van der Waals surface area contributed by atoms with Crippen LogP contribution >= 0.6 is 35.4 Å². The van der Waals surface area contributed by atoms with Crippen molar-refractivity contribution in [2.24, 2.45) is 0 Å². The fourth-order valence-electron chi connectivity index (χ4n) is 2.30. The first-order chi connectivity index (χ1) is 11.4. The number of amides is 1. The number of carbonyl (C=O) groups excluding carboxylic acids is 1. The topological polar surface area (TPSA) is 56.8 Å². The van der Waals surface area contributed by atoms with Gasteiger partial charge in [0.15, 0.2) is 0 Å². The van der Waals surface area contributed by atoms with E-state index in [1.54, 1.807) is 27.6 Å². The van der Waals surface area contributed by atoms with Crippen molar-refractivity contribution in [3.05, 3.63) is 63.4 Å². The van der Waals surface area contributed by atoms with Gasteiger partial charge in [0.1, 0.15) is 12.4 Å². The third-order valence-corrected chi connectivity index (χ3v) is 4.05. The van der Waals surface area contributed by atoms with Gasteiger partial charge in [-0.05, 0) is 49.5 Å². The molecule has 0 saturated carbocycles. The van der Waals surface area contributed by atoms with Gasteiger partial charge in [0.25, 0.3) is 0 Å². The molecule has 0 fully saturated rings. The van der Waals surface area contributed by atoms with Crippen LogP contribution in [0.15, 0.2) is 42.7 Å². The SMILES string of the molecule is Cc1nn(CC(=O)Nc2cc(Cl)cc(Cl)c2)c(=S)n1-n1cccc1. The molecule has 9 heteroatoms. The quantitative estimate of drug-likeness (QED) is 0.699. The Hall–Kier alpha value is -2.09. The van der Waals surface area contributed by atoms with E-state index in [1.165, 1.54) is 4.68 Å². The number of hydrogen-bond acceptors (Lipinski definition) is 3. The molecule has 1 aromatic carbocycles. The molecule has 0 radical (unpaired) electrons. The number of nitrogens with zero attached hydrogens (tertiary/aromatic N) is 4. The first-order valence-corrected chi connectivity index (χ1v) is 8.16. The minimum atomic E-state index is -0.276. The molecule has 2 aromatic heterocycles. The summed E-state index contributed by atoms with van der Waals surface area (Å²) >= 11 is 17.3. The van der Waals surface area contributed by atoms with Crippen LogP contribution in [0, 0.1) is 11.7 Å². The molecule has 1 N–H and O–H groups in total. The van der Waals surface area contributed by atoms with Gasteiger partial charge in [-0.25, -0.2) is 9.36 Å². The number of carbonyl (C=O) groups is 1. The highest BCUT2D eigenvalue weighted by Crippen LogP contribution is 2.22. The lowest BCUT2D eigenvalue weighted by molar-refractivity contribution is -0.116. The van der Waals surface area contributed by atoms with E-state index in [4.69, 9.17) is 35.4 Å². The van der Waals surface area contributed by atoms with Gasteiger partial charge in [0, 0.05) is 28.1 Å². The van der Waals surface area contributed by atoms with E-state index in [0.717, 1.165) is 0 Å². The molecule has 0 aliphatic rings. The average Bonchev–Trinajstić information content (AvgIpc) is 3.07. The number of aryl methyl sites for hydroxylation is 1. The number of anilines is 1. The monoisotopic (exact) mass is 381 g/mol. The van der Waals surface area contributed by atoms with Gasteiger partial charge in [-0.1, -0.05) is 23.2 Å². The van der Waals surface area contributed by atoms with Crippen LogP contribution in [0.25, 0.3) is 0 Å². The van der Waals surface area contributed by atoms with E-state index < -0.39 is 0 Å². The van der Waals surface area contributed by atoms with Gasteiger partial charge in [-0.2, -0.15) is 5.10 Å². The predicted octanol–water partition coefficient (Wildman–Crippen LogP) is 3.78. The van der Waals surface area contributed by atoms with Crippen LogP contribution in [0.3, 0.4) is 0 Å². The summed E-state index contributed by atoms with van der Waals surface area (Å²) in [5, 5.41) is 7.95. The number of hydrogen-bond donors (Lipinski definition) is 1. The molecule has 0 bridgehead atoms. The molecule has 1 amide bonds. The molecule has 24 heavy (non-hydrogen) atoms. The standard InChI is InChI=1S/C15H13Cl2N5OS/c1-10-19-21(15(24)22(10)20-4-2-3-5-20)9-14(23)18-13-7-11(16)6-12(17)8-13/h2-8H,9H2,1H3,(H,18,23). The molecular weight excluding hydrogens is 369 g/mol. The number of aromatic nitrogens is 4. The minimum Gasteiger partial charge on any atom is -0.324 e. The lowest BCUT2D eigenvalue weighted by Gasteiger charge is -2.07. The summed E-state index contributed by atoms with van der Waals surface area (Å²) in [5.41, 5.74) is 0.519. The third kappa shape index (κ3) is 3.53. The molecule has 0 spiro atoms. The second-order valence-corrected chi connectivity index (χ2v) is 6.31. The second-order valence-electron chi connectivity index (χ2n) is 5.07. The Morgan fingerprint density at radius 3 is 2.46 bits per heavy atom. The average molecular weight is 382 g/mol. The Kier molecular flexibility index (Phi) is 4.75. The molecule has 0 saturated heterocycles. The fraction of sp³-hybridized carbons (Fsp3) is 0.133. The van der Waals surface area contributed by atoms with E-state index in [9.17, 15) is 4.79 Å². The van der Waals surface area contributed by atoms with Crippen LogP contribution in [0.1, 0.15) is 5.82 Å². The molecule has 124 valence electrons. The van der Waals surface area contributed by atoms with Gasteiger partial charge in [-0.3, -0.25) is 9.47 Å². The van der Waals surface area contributed by atoms with Gasteiger partial charge in [0.2, 0.25) is 10.7 Å². The number of rotatable bonds is 4. The van der Waals surface area contributed by atoms with Crippen molar-refractivity contribution in [1.29, 1.82) is 0 Å². The summed E-state index contributed by atoms with van der Waals surface area (Å²) in [6, 6.07) is 8.60. The van der Waals surface area contributed by atoms with Crippen LogP contribution in [-0.4, -0.2) is 25.0 Å². The normalized spacial score (nSPS) is 10.8. The first-order valence-electron chi connectivity index (χ1n) is 7.00. The van der Waals surface area contributed by atoms with Gasteiger partial charge in [0.05, 0.1) is 0 Å². The van der Waals surface area contributed by atoms with Crippen LogP contribution < -0.4 is 5.32 Å². The second kappa shape index (κ2) is 6.80. The Bertz CT molecular complexity index is 925. The van der Waals surface area contributed by atoms with E-state index in [1.807, 2.05) is 31.5 Å². The lowest BCUT2D eigenvalue weighted by atomic mass is 10.3. The molecule has 0 atom stereocenters. The van der Waals surface area contributed by atoms with Gasteiger partial charge < -0.3 is 5.32 Å². The largest absolute Gasteiger partial charge is 0.324 e. The highest BCUT2D eigenvalue weighted by molar-refractivity contribution is 7.71. The molecule has 0 aliphatic carbocycles. The molecule has 0 aliphatic heterocycles. The van der Waals surface area contributed by atoms with Crippen LogP contribution in [0.2, 0.25) is 10.0 Å².